The van der Waals surface area contributed by atoms with Crippen molar-refractivity contribution in [1.82, 2.24) is 11.0 Å². The van der Waals surface area contributed by atoms with Crippen LogP contribution in [0.25, 0.3) is 0 Å². The smallest absolute Gasteiger partial charge is 0.349 e. The number of hydrogen-bond donors (Lipinski definition) is 2. The van der Waals surface area contributed by atoms with E-state index >= 15 is 0 Å². The number of carbonyl (C=O) groups excluding carboxylic acids is 2. The fraction of sp³-hybridized carbons (Fsp3) is 0.111. The molecule has 0 aliphatic heterocycles. The highest BCUT2D eigenvalue weighted by Gasteiger charge is 2.02. The van der Waals surface area contributed by atoms with Crippen molar-refractivity contribution in [2.75, 3.05) is 0 Å². The van der Waals surface area contributed by atoms with Gasteiger partial charge in [-0.3, -0.25) is 0 Å². The molecule has 2 N–H and O–H groups in total. The SMILES string of the molecule is O=C(/C=C\C(=O)ONCc1ccccc1)ONCc1ccccc1. The van der Waals surface area contributed by atoms with Crippen molar-refractivity contribution < 1.29 is 19.3 Å². The van der Waals surface area contributed by atoms with Gasteiger partial charge >= 0.3 is 11.9 Å². The quantitative estimate of drug-likeness (QED) is 0.571. The number of hydroxylamine groups is 2. The zero-order valence-electron chi connectivity index (χ0n) is 13.0. The molecule has 0 unspecified atom stereocenters. The Morgan fingerprint density at radius 2 is 1.08 bits per heavy atom. The van der Waals surface area contributed by atoms with E-state index in [0.717, 1.165) is 23.3 Å². The van der Waals surface area contributed by atoms with Crippen LogP contribution < -0.4 is 11.0 Å². The lowest BCUT2D eigenvalue weighted by Crippen LogP contribution is -2.20. The second-order valence-corrected chi connectivity index (χ2v) is 4.79. The lowest BCUT2D eigenvalue weighted by Gasteiger charge is -2.04. The van der Waals surface area contributed by atoms with Gasteiger partial charge in [-0.15, -0.1) is 11.0 Å². The number of benzene rings is 2. The first-order valence-electron chi connectivity index (χ1n) is 7.37. The molecule has 24 heavy (non-hydrogen) atoms. The Kier molecular flexibility index (Phi) is 7.20. The molecule has 0 fully saturated rings. The Hall–Kier alpha value is -2.96. The van der Waals surface area contributed by atoms with E-state index in [1.807, 2.05) is 60.7 Å². The molecule has 0 radical (unpaired) electrons. The molecule has 0 amide bonds. The molecule has 0 saturated heterocycles. The average molecular weight is 326 g/mol. The minimum atomic E-state index is -0.689. The van der Waals surface area contributed by atoms with Crippen molar-refractivity contribution >= 4 is 11.9 Å². The molecule has 0 saturated carbocycles. The van der Waals surface area contributed by atoms with Crippen LogP contribution in [0.2, 0.25) is 0 Å². The molecular weight excluding hydrogens is 308 g/mol. The van der Waals surface area contributed by atoms with Gasteiger partial charge in [-0.2, -0.15) is 0 Å². The predicted molar refractivity (Wildman–Crippen MR) is 87.9 cm³/mol. The topological polar surface area (TPSA) is 76.7 Å². The van der Waals surface area contributed by atoms with Crippen LogP contribution in [-0.2, 0) is 32.4 Å². The van der Waals surface area contributed by atoms with Crippen LogP contribution in [0.15, 0.2) is 72.8 Å². The zero-order chi connectivity index (χ0) is 17.0. The van der Waals surface area contributed by atoms with Crippen LogP contribution >= 0.6 is 0 Å². The first-order chi connectivity index (χ1) is 11.7. The summed E-state index contributed by atoms with van der Waals surface area (Å²) in [6, 6.07) is 18.9. The highest BCUT2D eigenvalue weighted by molar-refractivity contribution is 5.91. The molecule has 0 spiro atoms. The third-order valence-electron chi connectivity index (χ3n) is 2.94. The van der Waals surface area contributed by atoms with Crippen LogP contribution in [-0.4, -0.2) is 11.9 Å². The van der Waals surface area contributed by atoms with Crippen LogP contribution in [0.5, 0.6) is 0 Å². The molecule has 0 aliphatic carbocycles. The van der Waals surface area contributed by atoms with Gasteiger partial charge in [0.25, 0.3) is 0 Å². The highest BCUT2D eigenvalue weighted by Crippen LogP contribution is 1.98. The molecule has 2 aromatic rings. The Morgan fingerprint density at radius 3 is 1.46 bits per heavy atom. The summed E-state index contributed by atoms with van der Waals surface area (Å²) in [5.74, 6) is -1.38. The van der Waals surface area contributed by atoms with Crippen molar-refractivity contribution in [1.29, 1.82) is 0 Å². The van der Waals surface area contributed by atoms with Gasteiger partial charge < -0.3 is 9.68 Å². The van der Waals surface area contributed by atoms with E-state index in [4.69, 9.17) is 9.68 Å². The van der Waals surface area contributed by atoms with Crippen LogP contribution in [0.3, 0.4) is 0 Å². The standard InChI is InChI=1S/C18H18N2O4/c21-17(23-19-13-15-7-3-1-4-8-15)11-12-18(22)24-20-14-16-9-5-2-6-10-16/h1-12,19-20H,13-14H2/b12-11-. The third-order valence-corrected chi connectivity index (χ3v) is 2.94. The van der Waals surface area contributed by atoms with E-state index in [-0.39, 0.29) is 0 Å². The zero-order valence-corrected chi connectivity index (χ0v) is 13.0. The summed E-state index contributed by atoms with van der Waals surface area (Å²) in [6.45, 7) is 0.757. The van der Waals surface area contributed by atoms with Crippen molar-refractivity contribution in [2.24, 2.45) is 0 Å². The molecular formula is C18H18N2O4. The molecule has 0 atom stereocenters. The maximum absolute atomic E-state index is 11.4. The van der Waals surface area contributed by atoms with E-state index in [0.29, 0.717) is 13.1 Å². The van der Waals surface area contributed by atoms with Crippen molar-refractivity contribution in [3.63, 3.8) is 0 Å². The van der Waals surface area contributed by atoms with E-state index in [9.17, 15) is 9.59 Å². The van der Waals surface area contributed by atoms with Crippen molar-refractivity contribution in [3.8, 4) is 0 Å². The normalized spacial score (nSPS) is 10.5. The van der Waals surface area contributed by atoms with E-state index in [2.05, 4.69) is 11.0 Å². The highest BCUT2D eigenvalue weighted by atomic mass is 16.7. The number of hydrogen-bond acceptors (Lipinski definition) is 6. The first kappa shape index (κ1) is 17.4. The van der Waals surface area contributed by atoms with Gasteiger partial charge in [-0.1, -0.05) is 60.7 Å². The largest absolute Gasteiger partial charge is 0.367 e. The maximum atomic E-state index is 11.4. The second-order valence-electron chi connectivity index (χ2n) is 4.79. The molecule has 0 aliphatic rings. The van der Waals surface area contributed by atoms with Gasteiger partial charge in [0.05, 0.1) is 13.1 Å². The van der Waals surface area contributed by atoms with Gasteiger partial charge in [0.15, 0.2) is 0 Å². The van der Waals surface area contributed by atoms with Gasteiger partial charge in [0.2, 0.25) is 0 Å². The van der Waals surface area contributed by atoms with Gasteiger partial charge in [-0.05, 0) is 11.1 Å². The van der Waals surface area contributed by atoms with E-state index < -0.39 is 11.9 Å². The summed E-state index contributed by atoms with van der Waals surface area (Å²) in [4.78, 5) is 32.4. The summed E-state index contributed by atoms with van der Waals surface area (Å²) < 4.78 is 0. The van der Waals surface area contributed by atoms with Crippen molar-refractivity contribution in [2.45, 2.75) is 13.1 Å². The van der Waals surface area contributed by atoms with Crippen LogP contribution in [0.1, 0.15) is 11.1 Å². The molecule has 2 rings (SSSR count). The monoisotopic (exact) mass is 326 g/mol. The summed E-state index contributed by atoms with van der Waals surface area (Å²) in [5, 5.41) is 0. The molecule has 0 aromatic heterocycles. The Bertz CT molecular complexity index is 612. The van der Waals surface area contributed by atoms with E-state index in [1.165, 1.54) is 0 Å². The van der Waals surface area contributed by atoms with Gasteiger partial charge in [0.1, 0.15) is 0 Å². The van der Waals surface area contributed by atoms with Crippen LogP contribution in [0.4, 0.5) is 0 Å². The van der Waals surface area contributed by atoms with Crippen LogP contribution in [0, 0.1) is 0 Å². The molecule has 0 heterocycles. The Balaban J connectivity index is 1.61. The second kappa shape index (κ2) is 9.94. The maximum Gasteiger partial charge on any atom is 0.349 e. The summed E-state index contributed by atoms with van der Waals surface area (Å²) in [5.41, 5.74) is 6.98. The Labute approximate surface area is 140 Å². The molecule has 0 bridgehead atoms. The first-order valence-corrected chi connectivity index (χ1v) is 7.37. The average Bonchev–Trinajstić information content (AvgIpc) is 2.62. The lowest BCUT2D eigenvalue weighted by atomic mass is 10.2. The lowest BCUT2D eigenvalue weighted by molar-refractivity contribution is -0.148. The number of carbonyl (C=O) groups is 2. The number of rotatable bonds is 8. The molecule has 124 valence electrons. The number of nitrogens with one attached hydrogen (secondary N) is 2. The van der Waals surface area contributed by atoms with E-state index in [1.54, 1.807) is 0 Å². The molecule has 2 aromatic carbocycles. The molecule has 6 heteroatoms. The predicted octanol–water partition coefficient (Wildman–Crippen LogP) is 2.04. The third kappa shape index (κ3) is 6.87. The summed E-state index contributed by atoms with van der Waals surface area (Å²) in [6.07, 6.45) is 1.98. The fourth-order valence-corrected chi connectivity index (χ4v) is 1.78. The minimum absolute atomic E-state index is 0.378. The van der Waals surface area contributed by atoms with Crippen molar-refractivity contribution in [3.05, 3.63) is 83.9 Å². The van der Waals surface area contributed by atoms with Gasteiger partial charge in [0, 0.05) is 12.2 Å². The fourth-order valence-electron chi connectivity index (χ4n) is 1.78. The molecule has 6 nitrogen and oxygen atoms in total. The minimum Gasteiger partial charge on any atom is -0.367 e. The van der Waals surface area contributed by atoms with Gasteiger partial charge in [-0.25, -0.2) is 9.59 Å². The summed E-state index contributed by atoms with van der Waals surface area (Å²) >= 11 is 0. The Morgan fingerprint density at radius 1 is 0.708 bits per heavy atom. The summed E-state index contributed by atoms with van der Waals surface area (Å²) in [7, 11) is 0.